The molecule has 0 bridgehead atoms. The Kier molecular flexibility index (Phi) is 6.30. The highest BCUT2D eigenvalue weighted by Gasteiger charge is 2.56. The van der Waals surface area contributed by atoms with Crippen molar-refractivity contribution in [2.45, 2.75) is 43.3 Å². The molecule has 1 aromatic heterocycles. The third-order valence-electron chi connectivity index (χ3n) is 5.52. The van der Waals surface area contributed by atoms with Crippen molar-refractivity contribution >= 4 is 21.4 Å². The van der Waals surface area contributed by atoms with Crippen LogP contribution in [0.4, 0.5) is 23.2 Å². The van der Waals surface area contributed by atoms with Crippen molar-refractivity contribution in [2.75, 3.05) is 18.2 Å². The van der Waals surface area contributed by atoms with E-state index in [-0.39, 0.29) is 12.1 Å². The molecule has 3 rings (SSSR count). The summed E-state index contributed by atoms with van der Waals surface area (Å²) in [6.45, 7) is 2.42. The number of halogens is 4. The Morgan fingerprint density at radius 3 is 2.45 bits per heavy atom. The van der Waals surface area contributed by atoms with Crippen molar-refractivity contribution in [1.82, 2.24) is 9.97 Å². The number of nitrogens with two attached hydrogens (primary N) is 1. The second kappa shape index (κ2) is 8.43. The predicted octanol–water partition coefficient (Wildman–Crippen LogP) is 2.95. The van der Waals surface area contributed by atoms with Crippen LogP contribution in [0, 0.1) is 5.82 Å². The molecule has 0 spiro atoms. The summed E-state index contributed by atoms with van der Waals surface area (Å²) in [6, 6.07) is 3.90. The lowest BCUT2D eigenvalue weighted by atomic mass is 9.92. The number of hydrogen-bond donors (Lipinski definition) is 2. The Balaban J connectivity index is 1.92. The third kappa shape index (κ3) is 5.02. The Bertz CT molecular complexity index is 1170. The molecule has 180 valence electrons. The number of aliphatic imine (C=N–C) groups is 1. The molecule has 8 nitrogen and oxygen atoms in total. The number of rotatable bonds is 6. The van der Waals surface area contributed by atoms with E-state index in [9.17, 15) is 26.0 Å². The highest BCUT2D eigenvalue weighted by Crippen LogP contribution is 2.42. The van der Waals surface area contributed by atoms with Crippen molar-refractivity contribution in [3.8, 4) is 5.88 Å². The quantitative estimate of drug-likeness (QED) is 0.599. The van der Waals surface area contributed by atoms with E-state index in [2.05, 4.69) is 20.3 Å². The van der Waals surface area contributed by atoms with Gasteiger partial charge in [0.05, 0.1) is 43.9 Å². The van der Waals surface area contributed by atoms with E-state index < -0.39 is 50.1 Å². The summed E-state index contributed by atoms with van der Waals surface area (Å²) in [5.74, 6) is -1.97. The monoisotopic (exact) mass is 489 g/mol. The number of methoxy groups -OCH3 is 1. The van der Waals surface area contributed by atoms with Crippen molar-refractivity contribution < 1.29 is 30.7 Å². The molecule has 0 saturated carbocycles. The maximum atomic E-state index is 14.7. The number of benzene rings is 1. The van der Waals surface area contributed by atoms with Crippen LogP contribution in [0.2, 0.25) is 0 Å². The summed E-state index contributed by atoms with van der Waals surface area (Å²) in [4.78, 5) is 12.2. The molecule has 2 aromatic rings. The van der Waals surface area contributed by atoms with Crippen molar-refractivity contribution in [3.63, 3.8) is 0 Å². The second-order valence-corrected chi connectivity index (χ2v) is 10.6. The fourth-order valence-corrected chi connectivity index (χ4v) is 5.63. The fraction of sp³-hybridized carbons (Fsp3) is 0.450. The first-order valence-electron chi connectivity index (χ1n) is 9.73. The van der Waals surface area contributed by atoms with Gasteiger partial charge in [0, 0.05) is 11.3 Å². The van der Waals surface area contributed by atoms with E-state index in [0.29, 0.717) is 17.3 Å². The Morgan fingerprint density at radius 2 is 1.91 bits per heavy atom. The number of nitrogens with zero attached hydrogens (tertiary/aromatic N) is 3. The Hall–Kier alpha value is -2.96. The van der Waals surface area contributed by atoms with Crippen LogP contribution in [0.1, 0.15) is 31.5 Å². The highest BCUT2D eigenvalue weighted by atomic mass is 32.2. The van der Waals surface area contributed by atoms with E-state index >= 15 is 0 Å². The maximum absolute atomic E-state index is 14.7. The van der Waals surface area contributed by atoms with E-state index in [1.807, 2.05) is 0 Å². The smallest absolute Gasteiger partial charge is 0.391 e. The zero-order valence-corrected chi connectivity index (χ0v) is 18.9. The summed E-state index contributed by atoms with van der Waals surface area (Å²) < 4.78 is 82.2. The van der Waals surface area contributed by atoms with Gasteiger partial charge in [0.2, 0.25) is 5.88 Å². The summed E-state index contributed by atoms with van der Waals surface area (Å²) in [5, 5.41) is 3.01. The number of amidine groups is 1. The molecule has 0 amide bonds. The first-order chi connectivity index (χ1) is 15.2. The maximum Gasteiger partial charge on any atom is 0.391 e. The number of aromatic nitrogens is 2. The largest absolute Gasteiger partial charge is 0.480 e. The van der Waals surface area contributed by atoms with Gasteiger partial charge in [-0.15, -0.1) is 0 Å². The average Bonchev–Trinajstić information content (AvgIpc) is 2.70. The minimum absolute atomic E-state index is 0.117. The molecular weight excluding hydrogens is 466 g/mol. The average molecular weight is 489 g/mol. The second-order valence-electron chi connectivity index (χ2n) is 8.15. The van der Waals surface area contributed by atoms with E-state index in [4.69, 9.17) is 10.5 Å². The molecule has 13 heteroatoms. The Morgan fingerprint density at radius 1 is 1.21 bits per heavy atom. The van der Waals surface area contributed by atoms with Gasteiger partial charge in [-0.1, -0.05) is 0 Å². The molecule has 1 aromatic carbocycles. The van der Waals surface area contributed by atoms with Crippen molar-refractivity contribution in [1.29, 1.82) is 0 Å². The molecule has 3 N–H and O–H groups in total. The van der Waals surface area contributed by atoms with Gasteiger partial charge in [0.1, 0.15) is 21.9 Å². The van der Waals surface area contributed by atoms with E-state index in [1.165, 1.54) is 38.6 Å². The first-order valence-corrected chi connectivity index (χ1v) is 11.4. The summed E-state index contributed by atoms with van der Waals surface area (Å²) in [5.41, 5.74) is 4.90. The summed E-state index contributed by atoms with van der Waals surface area (Å²) >= 11 is 0. The van der Waals surface area contributed by atoms with E-state index in [0.717, 1.165) is 13.0 Å². The number of alkyl halides is 3. The summed E-state index contributed by atoms with van der Waals surface area (Å²) in [6.07, 6.45) is -3.55. The lowest BCUT2D eigenvalue weighted by molar-refractivity contribution is -0.137. The zero-order chi connectivity index (χ0) is 24.7. The van der Waals surface area contributed by atoms with Crippen LogP contribution in [-0.4, -0.2) is 48.0 Å². The van der Waals surface area contributed by atoms with Crippen molar-refractivity contribution in [2.24, 2.45) is 10.7 Å². The lowest BCUT2D eigenvalue weighted by Crippen LogP contribution is -2.58. The van der Waals surface area contributed by atoms with Gasteiger partial charge in [0.15, 0.2) is 9.84 Å². The van der Waals surface area contributed by atoms with Gasteiger partial charge in [0.25, 0.3) is 0 Å². The molecule has 1 aliphatic rings. The van der Waals surface area contributed by atoms with Gasteiger partial charge in [-0.3, -0.25) is 9.98 Å². The number of ether oxygens (including phenoxy) is 1. The van der Waals surface area contributed by atoms with Gasteiger partial charge >= 0.3 is 6.18 Å². The SMILES string of the molecule is COc1cnc(CNc2ccc(F)c(C3(C)CS(=O)(=O)C(C)(CC(F)(F)F)C(N)=N3)c2)cn1. The first kappa shape index (κ1) is 24.7. The Labute approximate surface area is 188 Å². The van der Waals surface area contributed by atoms with Crippen LogP contribution in [-0.2, 0) is 21.9 Å². The molecule has 2 heterocycles. The number of sulfone groups is 1. The number of nitrogens with one attached hydrogen (secondary N) is 1. The molecule has 0 radical (unpaired) electrons. The topological polar surface area (TPSA) is 120 Å². The fourth-order valence-electron chi connectivity index (χ4n) is 3.61. The predicted molar refractivity (Wildman–Crippen MR) is 114 cm³/mol. The van der Waals surface area contributed by atoms with E-state index in [1.54, 1.807) is 0 Å². The van der Waals surface area contributed by atoms with Crippen LogP contribution >= 0.6 is 0 Å². The van der Waals surface area contributed by atoms with Gasteiger partial charge in [-0.2, -0.15) is 13.2 Å². The third-order valence-corrected chi connectivity index (χ3v) is 8.18. The molecule has 0 fully saturated rings. The van der Waals surface area contributed by atoms with Gasteiger partial charge in [-0.05, 0) is 32.0 Å². The summed E-state index contributed by atoms with van der Waals surface area (Å²) in [7, 11) is -2.99. The molecule has 0 aliphatic carbocycles. The molecule has 2 atom stereocenters. The molecule has 0 saturated heterocycles. The van der Waals surface area contributed by atoms with Crippen LogP contribution in [0.15, 0.2) is 35.6 Å². The normalized spacial score (nSPS) is 24.8. The zero-order valence-electron chi connectivity index (χ0n) is 18.1. The minimum atomic E-state index is -4.78. The molecule has 2 unspecified atom stereocenters. The number of hydrogen-bond acceptors (Lipinski definition) is 8. The minimum Gasteiger partial charge on any atom is -0.480 e. The van der Waals surface area contributed by atoms with Gasteiger partial charge in [-0.25, -0.2) is 17.8 Å². The highest BCUT2D eigenvalue weighted by molar-refractivity contribution is 7.93. The molecule has 1 aliphatic heterocycles. The number of anilines is 1. The standard InChI is InChI=1S/C20H23F4N5O3S/c1-18(11-33(30,31)19(2,17(25)29-18)10-20(22,23)24)14-6-12(4-5-15(14)21)26-7-13-8-28-16(32-3)9-27-13/h4-6,8-9,26H,7,10-11H2,1-3H3,(H2,25,29). The van der Waals surface area contributed by atoms with Crippen LogP contribution < -0.4 is 15.8 Å². The molecular formula is C20H23F4N5O3S. The van der Waals surface area contributed by atoms with Crippen LogP contribution in [0.5, 0.6) is 5.88 Å². The van der Waals surface area contributed by atoms with Crippen LogP contribution in [0.25, 0.3) is 0 Å². The lowest BCUT2D eigenvalue weighted by Gasteiger charge is -2.40. The molecule has 33 heavy (non-hydrogen) atoms. The van der Waals surface area contributed by atoms with Crippen molar-refractivity contribution in [3.05, 3.63) is 47.7 Å². The van der Waals surface area contributed by atoms with Gasteiger partial charge < -0.3 is 15.8 Å². The van der Waals surface area contributed by atoms with Crippen LogP contribution in [0.3, 0.4) is 0 Å².